The Kier molecular flexibility index (Phi) is 28.2. The van der Waals surface area contributed by atoms with Gasteiger partial charge in [0, 0.05) is 5.69 Å². The van der Waals surface area contributed by atoms with Crippen LogP contribution >= 0.6 is 0 Å². The summed E-state index contributed by atoms with van der Waals surface area (Å²) in [6.07, 6.45) is -1.57. The van der Waals surface area contributed by atoms with Crippen molar-refractivity contribution in [2.24, 2.45) is 0 Å². The van der Waals surface area contributed by atoms with E-state index in [-0.39, 0.29) is 76.4 Å². The predicted octanol–water partition coefficient (Wildman–Crippen LogP) is -12.0. The maximum atomic E-state index is 9.89. The van der Waals surface area contributed by atoms with E-state index >= 15 is 0 Å². The van der Waals surface area contributed by atoms with Gasteiger partial charge in [-0.2, -0.15) is 0 Å². The molecule has 0 saturated carbocycles. The minimum absolute atomic E-state index is 0. The first-order valence-corrected chi connectivity index (χ1v) is 2.93. The first-order chi connectivity index (χ1) is 5.18. The van der Waals surface area contributed by atoms with Crippen molar-refractivity contribution >= 4 is 11.8 Å². The van der Waals surface area contributed by atoms with Gasteiger partial charge in [-0.1, -0.05) is 0 Å². The Morgan fingerprint density at radius 3 is 1.75 bits per heavy atom. The Morgan fingerprint density at radius 2 is 1.44 bits per heavy atom. The van der Waals surface area contributed by atoms with Gasteiger partial charge >= 0.3 is 21.1 Å². The molecule has 9 heteroatoms. The Labute approximate surface area is 132 Å². The Bertz CT molecular complexity index is 273. The van der Waals surface area contributed by atoms with Crippen molar-refractivity contribution in [3.05, 3.63) is 24.3 Å². The topological polar surface area (TPSA) is 75.4 Å². The molecule has 0 aliphatic carbocycles. The van der Waals surface area contributed by atoms with Gasteiger partial charge in [0.1, 0.15) is 0 Å². The fourth-order valence-electron chi connectivity index (χ4n) is 0.632. The van der Waals surface area contributed by atoms with Crippen LogP contribution in [0.3, 0.4) is 0 Å². The first-order valence-electron chi connectivity index (χ1n) is 2.93. The zero-order valence-electron chi connectivity index (χ0n) is 7.53. The molecule has 0 saturated heterocycles. The summed E-state index contributed by atoms with van der Waals surface area (Å²) in [4.78, 5) is 9.89. The summed E-state index contributed by atoms with van der Waals surface area (Å²) in [6, 6.07) is 5.98. The van der Waals surface area contributed by atoms with Gasteiger partial charge in [-0.05, 0) is 24.3 Å². The molecule has 0 aliphatic rings. The van der Waals surface area contributed by atoms with Crippen LogP contribution in [0.2, 0.25) is 0 Å². The number of hydrogen-bond donors (Lipinski definition) is 1. The minimum Gasteiger partial charge on any atom is -1.00 e. The average Bonchev–Trinajstić information content (AvgIpc) is 1.93. The van der Waals surface area contributed by atoms with Crippen molar-refractivity contribution in [2.45, 2.75) is 0 Å². The summed E-state index contributed by atoms with van der Waals surface area (Å²) in [5.74, 6) is 0.208. The molecular weight excluding hydrogens is 384 g/mol. The third kappa shape index (κ3) is 12.2. The molecule has 16 heavy (non-hydrogen) atoms. The molecule has 1 radical (unpaired) electrons. The molecule has 0 atom stereocenters. The zero-order valence-corrected chi connectivity index (χ0v) is 12.6. The second-order valence-electron chi connectivity index (χ2n) is 1.92. The van der Waals surface area contributed by atoms with Crippen LogP contribution in [-0.4, -0.2) is 6.16 Å². The molecule has 0 fully saturated rings. The van der Waals surface area contributed by atoms with Gasteiger partial charge in [-0.3, -0.25) is 0 Å². The van der Waals surface area contributed by atoms with Crippen LogP contribution in [-0.2, 0) is 21.1 Å². The van der Waals surface area contributed by atoms with E-state index in [2.05, 4.69) is 4.74 Å². The van der Waals surface area contributed by atoms with Gasteiger partial charge < -0.3 is 70.0 Å². The maximum Gasteiger partial charge on any atom is 5.00 e. The number of halogens is 4. The molecular formula is C7H6Cl4MoNO3. The Balaban J connectivity index is -0.0000000807. The Hall–Kier alpha value is 0.138. The van der Waals surface area contributed by atoms with Gasteiger partial charge in [-0.25, -0.2) is 0 Å². The SMILES string of the molecule is Nc1ccc(OC(=O)[O-])cc1.[Cl-].[Cl-].[Cl-].[Cl-].[Mo+5]. The van der Waals surface area contributed by atoms with Crippen LogP contribution in [0.1, 0.15) is 0 Å². The summed E-state index contributed by atoms with van der Waals surface area (Å²) < 4.78 is 4.22. The number of nitrogen functional groups attached to an aromatic ring is 1. The third-order valence-corrected chi connectivity index (χ3v) is 1.08. The van der Waals surface area contributed by atoms with Crippen LogP contribution in [0.15, 0.2) is 24.3 Å². The molecule has 91 valence electrons. The van der Waals surface area contributed by atoms with Crippen molar-refractivity contribution in [1.29, 1.82) is 0 Å². The normalized spacial score (nSPS) is 6.25. The smallest absolute Gasteiger partial charge is 1.00 e. The number of carbonyl (C=O) groups excluding carboxylic acids is 1. The summed E-state index contributed by atoms with van der Waals surface area (Å²) in [5.41, 5.74) is 5.89. The van der Waals surface area contributed by atoms with Crippen LogP contribution < -0.4 is 65.2 Å². The third-order valence-electron chi connectivity index (χ3n) is 1.08. The van der Waals surface area contributed by atoms with Crippen LogP contribution in [0, 0.1) is 0 Å². The largest absolute Gasteiger partial charge is 5.00 e. The molecule has 1 aromatic rings. The van der Waals surface area contributed by atoms with Crippen LogP contribution in [0.4, 0.5) is 10.5 Å². The van der Waals surface area contributed by atoms with Gasteiger partial charge in [0.05, 0.1) is 5.75 Å². The number of rotatable bonds is 1. The van der Waals surface area contributed by atoms with E-state index in [9.17, 15) is 9.90 Å². The summed E-state index contributed by atoms with van der Waals surface area (Å²) in [6.45, 7) is 0. The molecule has 0 aliphatic heterocycles. The molecule has 1 rings (SSSR count). The summed E-state index contributed by atoms with van der Waals surface area (Å²) in [7, 11) is 0. The molecule has 4 nitrogen and oxygen atoms in total. The van der Waals surface area contributed by atoms with E-state index in [0.29, 0.717) is 5.69 Å². The molecule has 0 aromatic heterocycles. The maximum absolute atomic E-state index is 9.89. The second kappa shape index (κ2) is 15.1. The fraction of sp³-hybridized carbons (Fsp3) is 0. The van der Waals surface area contributed by atoms with Gasteiger partial charge in [0.25, 0.3) is 6.16 Å². The van der Waals surface area contributed by atoms with Crippen molar-refractivity contribution in [3.8, 4) is 5.75 Å². The van der Waals surface area contributed by atoms with Crippen LogP contribution in [0.5, 0.6) is 5.75 Å². The predicted molar refractivity (Wildman–Crippen MR) is 36.9 cm³/mol. The Morgan fingerprint density at radius 1 is 1.06 bits per heavy atom. The average molecular weight is 390 g/mol. The number of nitrogens with two attached hydrogens (primary N) is 1. The number of carbonyl (C=O) groups is 1. The molecule has 0 heterocycles. The van der Waals surface area contributed by atoms with Crippen LogP contribution in [0.25, 0.3) is 0 Å². The molecule has 0 amide bonds. The summed E-state index contributed by atoms with van der Waals surface area (Å²) >= 11 is 0. The van der Waals surface area contributed by atoms with Crippen molar-refractivity contribution in [2.75, 3.05) is 5.73 Å². The number of anilines is 1. The first kappa shape index (κ1) is 29.8. The zero-order chi connectivity index (χ0) is 8.27. The van der Waals surface area contributed by atoms with E-state index < -0.39 is 6.16 Å². The number of carboxylic acid groups (broad SMARTS) is 1. The molecule has 2 N–H and O–H groups in total. The van der Waals surface area contributed by atoms with Crippen molar-refractivity contribution < 1.29 is 85.3 Å². The van der Waals surface area contributed by atoms with Gasteiger partial charge in [0.15, 0.2) is 0 Å². The van der Waals surface area contributed by atoms with E-state index in [1.807, 2.05) is 0 Å². The number of hydrogen-bond acceptors (Lipinski definition) is 4. The van der Waals surface area contributed by atoms with Crippen molar-refractivity contribution in [3.63, 3.8) is 0 Å². The second-order valence-corrected chi connectivity index (χ2v) is 1.92. The van der Waals surface area contributed by atoms with E-state index in [4.69, 9.17) is 5.73 Å². The summed E-state index contributed by atoms with van der Waals surface area (Å²) in [5, 5.41) is 9.89. The molecule has 0 unspecified atom stereocenters. The van der Waals surface area contributed by atoms with E-state index in [0.717, 1.165) is 0 Å². The molecule has 0 spiro atoms. The molecule has 0 bridgehead atoms. The van der Waals surface area contributed by atoms with Gasteiger partial charge in [0.2, 0.25) is 0 Å². The number of benzene rings is 1. The van der Waals surface area contributed by atoms with Crippen molar-refractivity contribution in [1.82, 2.24) is 0 Å². The van der Waals surface area contributed by atoms with Gasteiger partial charge in [-0.15, -0.1) is 0 Å². The quantitative estimate of drug-likeness (QED) is 0.224. The fourth-order valence-corrected chi connectivity index (χ4v) is 0.632. The number of ether oxygens (including phenoxy) is 1. The van der Waals surface area contributed by atoms with E-state index in [1.165, 1.54) is 24.3 Å². The minimum atomic E-state index is -1.57. The molecule has 1 aromatic carbocycles. The van der Waals surface area contributed by atoms with E-state index in [1.54, 1.807) is 0 Å². The standard InChI is InChI=1S/C7H7NO3.4ClH.Mo/c8-5-1-3-6(4-2-5)11-7(9)10;;;;;/h1-4H,8H2,(H,9,10);4*1H;/q;;;;;+5/p-5. The monoisotopic (exact) mass is 390 g/mol.